The Morgan fingerprint density at radius 1 is 1.17 bits per heavy atom. The van der Waals surface area contributed by atoms with E-state index in [9.17, 15) is 13.5 Å². The third-order valence-corrected chi connectivity index (χ3v) is 5.90. The summed E-state index contributed by atoms with van der Waals surface area (Å²) in [6.45, 7) is 5.79. The molecule has 0 spiro atoms. The zero-order valence-corrected chi connectivity index (χ0v) is 13.3. The van der Waals surface area contributed by atoms with Crippen molar-refractivity contribution in [2.24, 2.45) is 0 Å². The summed E-state index contributed by atoms with van der Waals surface area (Å²) in [5.74, 6) is 0.362. The maximum Gasteiger partial charge on any atom is 0.150 e. The highest BCUT2D eigenvalue weighted by Crippen LogP contribution is 2.28. The first kappa shape index (κ1) is 17.9. The van der Waals surface area contributed by atoms with Crippen molar-refractivity contribution in [3.8, 4) is 0 Å². The van der Waals surface area contributed by atoms with E-state index in [1.54, 1.807) is 6.92 Å². The molecule has 0 heterocycles. The topological polar surface area (TPSA) is 57.6 Å². The molecule has 4 nitrogen and oxygen atoms in total. The van der Waals surface area contributed by atoms with Crippen LogP contribution in [0.2, 0.25) is 0 Å². The Bertz CT molecular complexity index is 321. The molecule has 0 aliphatic heterocycles. The zero-order chi connectivity index (χ0) is 14.4. The number of likely N-dealkylation sites (N-methyl/N-ethyl adjacent to an activating group) is 1. The van der Waals surface area contributed by atoms with Gasteiger partial charge in [0.25, 0.3) is 0 Å². The summed E-state index contributed by atoms with van der Waals surface area (Å²) in [5, 5.41) is 10.4. The van der Waals surface area contributed by atoms with Gasteiger partial charge in [-0.3, -0.25) is 0 Å². The molecule has 0 saturated carbocycles. The summed E-state index contributed by atoms with van der Waals surface area (Å²) in [7, 11) is 1.02. The summed E-state index contributed by atoms with van der Waals surface area (Å²) in [4.78, 5) is 2.06. The van der Waals surface area contributed by atoms with Crippen LogP contribution in [0.25, 0.3) is 0 Å². The molecule has 18 heavy (non-hydrogen) atoms. The summed E-state index contributed by atoms with van der Waals surface area (Å²) in [6, 6.07) is 0. The SMILES string of the molecule is CCC(CC)(C(O)CCCS(=O)(=O)CC)N(C)C. The molecule has 0 saturated heterocycles. The van der Waals surface area contributed by atoms with E-state index in [0.29, 0.717) is 12.8 Å². The van der Waals surface area contributed by atoms with Gasteiger partial charge in [-0.15, -0.1) is 0 Å². The molecular weight excluding hydrogens is 250 g/mol. The third-order valence-electron chi connectivity index (χ3n) is 4.11. The fourth-order valence-electron chi connectivity index (χ4n) is 2.56. The van der Waals surface area contributed by atoms with Crippen LogP contribution in [0.15, 0.2) is 0 Å². The van der Waals surface area contributed by atoms with Crippen LogP contribution >= 0.6 is 0 Å². The second kappa shape index (κ2) is 7.46. The average Bonchev–Trinajstić information content (AvgIpc) is 2.30. The van der Waals surface area contributed by atoms with Crippen LogP contribution in [-0.4, -0.2) is 55.7 Å². The Labute approximate surface area is 112 Å². The largest absolute Gasteiger partial charge is 0.391 e. The quantitative estimate of drug-likeness (QED) is 0.698. The van der Waals surface area contributed by atoms with E-state index in [1.807, 2.05) is 14.1 Å². The minimum Gasteiger partial charge on any atom is -0.391 e. The van der Waals surface area contributed by atoms with Crippen molar-refractivity contribution in [1.29, 1.82) is 0 Å². The minimum absolute atomic E-state index is 0.178. The van der Waals surface area contributed by atoms with Gasteiger partial charge in [-0.2, -0.15) is 0 Å². The van der Waals surface area contributed by atoms with Crippen LogP contribution in [0.5, 0.6) is 0 Å². The van der Waals surface area contributed by atoms with E-state index < -0.39 is 15.9 Å². The van der Waals surface area contributed by atoms with Crippen LogP contribution in [0.4, 0.5) is 0 Å². The van der Waals surface area contributed by atoms with Crippen molar-refractivity contribution in [3.05, 3.63) is 0 Å². The lowest BCUT2D eigenvalue weighted by Crippen LogP contribution is -2.52. The monoisotopic (exact) mass is 279 g/mol. The van der Waals surface area contributed by atoms with Crippen LogP contribution < -0.4 is 0 Å². The van der Waals surface area contributed by atoms with Gasteiger partial charge >= 0.3 is 0 Å². The number of hydrogen-bond donors (Lipinski definition) is 1. The lowest BCUT2D eigenvalue weighted by atomic mass is 9.83. The van der Waals surface area contributed by atoms with Gasteiger partial charge in [-0.1, -0.05) is 20.8 Å². The van der Waals surface area contributed by atoms with Gasteiger partial charge < -0.3 is 10.0 Å². The summed E-state index contributed by atoms with van der Waals surface area (Å²) in [6.07, 6.45) is 2.32. The van der Waals surface area contributed by atoms with E-state index in [-0.39, 0.29) is 17.0 Å². The average molecular weight is 279 g/mol. The number of hydrogen-bond acceptors (Lipinski definition) is 4. The number of rotatable bonds is 9. The Kier molecular flexibility index (Phi) is 7.40. The van der Waals surface area contributed by atoms with Crippen molar-refractivity contribution >= 4 is 9.84 Å². The first-order valence-corrected chi connectivity index (χ1v) is 8.63. The minimum atomic E-state index is -2.92. The van der Waals surface area contributed by atoms with Gasteiger partial charge in [-0.25, -0.2) is 8.42 Å². The molecule has 0 rings (SSSR count). The van der Waals surface area contributed by atoms with Gasteiger partial charge in [0, 0.05) is 11.3 Å². The second-order valence-electron chi connectivity index (χ2n) is 5.10. The summed E-state index contributed by atoms with van der Waals surface area (Å²) in [5.41, 5.74) is -0.240. The van der Waals surface area contributed by atoms with E-state index in [2.05, 4.69) is 18.7 Å². The summed E-state index contributed by atoms with van der Waals surface area (Å²) >= 11 is 0. The highest BCUT2D eigenvalue weighted by Gasteiger charge is 2.36. The van der Waals surface area contributed by atoms with Crippen molar-refractivity contribution < 1.29 is 13.5 Å². The van der Waals surface area contributed by atoms with E-state index in [1.165, 1.54) is 0 Å². The second-order valence-corrected chi connectivity index (χ2v) is 7.57. The molecule has 110 valence electrons. The standard InChI is InChI=1S/C13H29NO3S/c1-6-13(7-2,14(4)5)12(15)10-9-11-18(16,17)8-3/h12,15H,6-11H2,1-5H3. The third kappa shape index (κ3) is 4.52. The van der Waals surface area contributed by atoms with Crippen LogP contribution in [0.1, 0.15) is 46.5 Å². The predicted molar refractivity (Wildman–Crippen MR) is 76.6 cm³/mol. The Balaban J connectivity index is 4.50. The van der Waals surface area contributed by atoms with E-state index in [4.69, 9.17) is 0 Å². The maximum atomic E-state index is 11.4. The van der Waals surface area contributed by atoms with Crippen molar-refractivity contribution in [2.75, 3.05) is 25.6 Å². The molecule has 0 radical (unpaired) electrons. The van der Waals surface area contributed by atoms with E-state index in [0.717, 1.165) is 12.8 Å². The van der Waals surface area contributed by atoms with Gasteiger partial charge in [0.2, 0.25) is 0 Å². The normalized spacial score (nSPS) is 15.1. The molecule has 0 aromatic carbocycles. The molecule has 0 aromatic heterocycles. The molecule has 1 N–H and O–H groups in total. The van der Waals surface area contributed by atoms with Gasteiger partial charge in [0.05, 0.1) is 11.9 Å². The summed E-state index contributed by atoms with van der Waals surface area (Å²) < 4.78 is 22.8. The lowest BCUT2D eigenvalue weighted by molar-refractivity contribution is -0.0177. The smallest absolute Gasteiger partial charge is 0.150 e. The molecule has 0 amide bonds. The van der Waals surface area contributed by atoms with Gasteiger partial charge in [-0.05, 0) is 39.8 Å². The molecule has 1 atom stereocenters. The molecule has 0 aromatic rings. The molecule has 0 aliphatic carbocycles. The Hall–Kier alpha value is -0.130. The van der Waals surface area contributed by atoms with Gasteiger partial charge in [0.15, 0.2) is 0 Å². The van der Waals surface area contributed by atoms with Crippen LogP contribution in [0, 0.1) is 0 Å². The molecule has 0 fully saturated rings. The first-order chi connectivity index (χ1) is 8.25. The Morgan fingerprint density at radius 2 is 1.67 bits per heavy atom. The molecule has 0 bridgehead atoms. The zero-order valence-electron chi connectivity index (χ0n) is 12.4. The lowest BCUT2D eigenvalue weighted by Gasteiger charge is -2.42. The van der Waals surface area contributed by atoms with Crippen LogP contribution in [0.3, 0.4) is 0 Å². The van der Waals surface area contributed by atoms with E-state index >= 15 is 0 Å². The maximum absolute atomic E-state index is 11.4. The Morgan fingerprint density at radius 3 is 2.00 bits per heavy atom. The fourth-order valence-corrected chi connectivity index (χ4v) is 3.46. The number of sulfone groups is 1. The fraction of sp³-hybridized carbons (Fsp3) is 1.00. The molecule has 0 aliphatic rings. The number of nitrogens with zero attached hydrogens (tertiary/aromatic N) is 1. The predicted octanol–water partition coefficient (Wildman–Crippen LogP) is 1.68. The van der Waals surface area contributed by atoms with Crippen molar-refractivity contribution in [3.63, 3.8) is 0 Å². The van der Waals surface area contributed by atoms with Crippen LogP contribution in [-0.2, 0) is 9.84 Å². The molecular formula is C13H29NO3S. The number of aliphatic hydroxyl groups excluding tert-OH is 1. The van der Waals surface area contributed by atoms with Gasteiger partial charge in [0.1, 0.15) is 9.84 Å². The first-order valence-electron chi connectivity index (χ1n) is 6.81. The molecule has 5 heteroatoms. The van der Waals surface area contributed by atoms with Crippen molar-refractivity contribution in [2.45, 2.75) is 58.1 Å². The van der Waals surface area contributed by atoms with Crippen molar-refractivity contribution in [1.82, 2.24) is 4.90 Å². The molecule has 1 unspecified atom stereocenters. The highest BCUT2D eigenvalue weighted by atomic mass is 32.2. The number of aliphatic hydroxyl groups is 1. The highest BCUT2D eigenvalue weighted by molar-refractivity contribution is 7.91.